The molecule has 1 amide bonds. The van der Waals surface area contributed by atoms with Crippen molar-refractivity contribution in [3.05, 3.63) is 57.8 Å². The number of esters is 1. The van der Waals surface area contributed by atoms with Gasteiger partial charge < -0.3 is 14.8 Å². The van der Waals surface area contributed by atoms with Gasteiger partial charge >= 0.3 is 5.97 Å². The molecule has 2 aromatic rings. The number of carbonyl (C=O) groups excluding carboxylic acids is 2. The highest BCUT2D eigenvalue weighted by Gasteiger charge is 2.15. The standard InChI is InChI=1S/C16H12Cl2FNO4/c1-23-16(22)11-4-2-9(17)6-14(11)24-8-15(21)20-13-5-3-10(19)7-12(13)18/h2-7H,8H2,1H3,(H,20,21). The molecule has 0 saturated carbocycles. The zero-order valence-electron chi connectivity index (χ0n) is 12.4. The van der Waals surface area contributed by atoms with E-state index in [1.165, 1.54) is 31.4 Å². The minimum atomic E-state index is -0.622. The number of halogens is 3. The number of rotatable bonds is 5. The van der Waals surface area contributed by atoms with E-state index >= 15 is 0 Å². The molecule has 0 radical (unpaired) electrons. The number of nitrogens with one attached hydrogen (secondary N) is 1. The van der Waals surface area contributed by atoms with Crippen molar-refractivity contribution in [3.8, 4) is 5.75 Å². The van der Waals surface area contributed by atoms with Crippen molar-refractivity contribution < 1.29 is 23.5 Å². The highest BCUT2D eigenvalue weighted by Crippen LogP contribution is 2.25. The van der Waals surface area contributed by atoms with E-state index in [9.17, 15) is 14.0 Å². The molecule has 1 N–H and O–H groups in total. The SMILES string of the molecule is COC(=O)c1ccc(Cl)cc1OCC(=O)Nc1ccc(F)cc1Cl. The van der Waals surface area contributed by atoms with E-state index in [1.807, 2.05) is 0 Å². The van der Waals surface area contributed by atoms with Crippen molar-refractivity contribution in [2.75, 3.05) is 19.0 Å². The van der Waals surface area contributed by atoms with Crippen LogP contribution in [-0.4, -0.2) is 25.6 Å². The molecule has 5 nitrogen and oxygen atoms in total. The Morgan fingerprint density at radius 2 is 1.92 bits per heavy atom. The average Bonchev–Trinajstić information content (AvgIpc) is 2.55. The topological polar surface area (TPSA) is 64.6 Å². The van der Waals surface area contributed by atoms with Gasteiger partial charge in [0.2, 0.25) is 0 Å². The third-order valence-corrected chi connectivity index (χ3v) is 3.46. The first-order valence-corrected chi connectivity index (χ1v) is 7.42. The summed E-state index contributed by atoms with van der Waals surface area (Å²) in [5.41, 5.74) is 0.375. The molecule has 0 fully saturated rings. The summed E-state index contributed by atoms with van der Waals surface area (Å²) in [6.45, 7) is -0.405. The summed E-state index contributed by atoms with van der Waals surface area (Å²) in [5.74, 6) is -1.58. The van der Waals surface area contributed by atoms with Crippen molar-refractivity contribution >= 4 is 40.8 Å². The molecular weight excluding hydrogens is 360 g/mol. The molecule has 0 aliphatic carbocycles. The molecule has 24 heavy (non-hydrogen) atoms. The van der Waals surface area contributed by atoms with E-state index in [0.717, 1.165) is 12.1 Å². The second-order valence-electron chi connectivity index (χ2n) is 4.59. The number of carbonyl (C=O) groups is 2. The Labute approximate surface area is 147 Å². The summed E-state index contributed by atoms with van der Waals surface area (Å²) in [7, 11) is 1.23. The van der Waals surface area contributed by atoms with Crippen LogP contribution in [0.15, 0.2) is 36.4 Å². The predicted molar refractivity (Wildman–Crippen MR) is 88.3 cm³/mol. The molecule has 8 heteroatoms. The van der Waals surface area contributed by atoms with Gasteiger partial charge in [0, 0.05) is 5.02 Å². The van der Waals surface area contributed by atoms with E-state index in [0.29, 0.717) is 5.02 Å². The number of methoxy groups -OCH3 is 1. The van der Waals surface area contributed by atoms with E-state index in [-0.39, 0.29) is 22.0 Å². The quantitative estimate of drug-likeness (QED) is 0.808. The molecule has 0 bridgehead atoms. The zero-order chi connectivity index (χ0) is 17.7. The van der Waals surface area contributed by atoms with Crippen LogP contribution < -0.4 is 10.1 Å². The van der Waals surface area contributed by atoms with Crippen LogP contribution in [0.1, 0.15) is 10.4 Å². The second kappa shape index (κ2) is 7.99. The summed E-state index contributed by atoms with van der Waals surface area (Å²) in [4.78, 5) is 23.6. The fourth-order valence-corrected chi connectivity index (χ4v) is 2.19. The lowest BCUT2D eigenvalue weighted by Gasteiger charge is -2.11. The van der Waals surface area contributed by atoms with Gasteiger partial charge in [-0.1, -0.05) is 23.2 Å². The first-order valence-electron chi connectivity index (χ1n) is 6.66. The molecule has 0 aliphatic rings. The van der Waals surface area contributed by atoms with Crippen LogP contribution in [0.5, 0.6) is 5.75 Å². The molecule has 0 aliphatic heterocycles. The van der Waals surface area contributed by atoms with Gasteiger partial charge in [0.25, 0.3) is 5.91 Å². The van der Waals surface area contributed by atoms with Gasteiger partial charge in [0.1, 0.15) is 17.1 Å². The molecule has 0 unspecified atom stereocenters. The fraction of sp³-hybridized carbons (Fsp3) is 0.125. The Hall–Kier alpha value is -2.31. The first-order chi connectivity index (χ1) is 11.4. The van der Waals surface area contributed by atoms with Gasteiger partial charge in [-0.2, -0.15) is 0 Å². The van der Waals surface area contributed by atoms with Crippen LogP contribution in [0.25, 0.3) is 0 Å². The molecular formula is C16H12Cl2FNO4. The maximum Gasteiger partial charge on any atom is 0.341 e. The molecule has 2 aromatic carbocycles. The maximum atomic E-state index is 13.0. The van der Waals surface area contributed by atoms with Gasteiger partial charge in [-0.15, -0.1) is 0 Å². The fourth-order valence-electron chi connectivity index (χ4n) is 1.81. The van der Waals surface area contributed by atoms with Crippen LogP contribution in [0.2, 0.25) is 10.0 Å². The highest BCUT2D eigenvalue weighted by atomic mass is 35.5. The largest absolute Gasteiger partial charge is 0.483 e. The Morgan fingerprint density at radius 1 is 1.17 bits per heavy atom. The van der Waals surface area contributed by atoms with Crippen LogP contribution in [0, 0.1) is 5.82 Å². The number of ether oxygens (including phenoxy) is 2. The number of benzene rings is 2. The Kier molecular flexibility index (Phi) is 6.00. The van der Waals surface area contributed by atoms with Gasteiger partial charge in [-0.25, -0.2) is 9.18 Å². The third-order valence-electron chi connectivity index (χ3n) is 2.91. The maximum absolute atomic E-state index is 13.0. The Balaban J connectivity index is 2.06. The Bertz CT molecular complexity index is 783. The monoisotopic (exact) mass is 371 g/mol. The smallest absolute Gasteiger partial charge is 0.341 e. The molecule has 0 atom stereocenters. The lowest BCUT2D eigenvalue weighted by molar-refractivity contribution is -0.118. The molecule has 2 rings (SSSR count). The minimum Gasteiger partial charge on any atom is -0.483 e. The van der Waals surface area contributed by atoms with Crippen LogP contribution in [-0.2, 0) is 9.53 Å². The lowest BCUT2D eigenvalue weighted by Crippen LogP contribution is -2.21. The minimum absolute atomic E-state index is 0.0568. The van der Waals surface area contributed by atoms with Crippen LogP contribution in [0.4, 0.5) is 10.1 Å². The lowest BCUT2D eigenvalue weighted by atomic mass is 10.2. The summed E-state index contributed by atoms with van der Waals surface area (Å²) >= 11 is 11.7. The van der Waals surface area contributed by atoms with E-state index in [4.69, 9.17) is 27.9 Å². The normalized spacial score (nSPS) is 10.2. The number of anilines is 1. The average molecular weight is 372 g/mol. The van der Waals surface area contributed by atoms with Crippen LogP contribution >= 0.6 is 23.2 Å². The number of hydrogen-bond acceptors (Lipinski definition) is 4. The first kappa shape index (κ1) is 18.0. The third kappa shape index (κ3) is 4.59. The van der Waals surface area contributed by atoms with Crippen molar-refractivity contribution in [2.24, 2.45) is 0 Å². The highest BCUT2D eigenvalue weighted by molar-refractivity contribution is 6.33. The summed E-state index contributed by atoms with van der Waals surface area (Å²) in [5, 5.41) is 2.86. The van der Waals surface area contributed by atoms with Crippen molar-refractivity contribution in [3.63, 3.8) is 0 Å². The predicted octanol–water partition coefficient (Wildman–Crippen LogP) is 3.94. The molecule has 0 heterocycles. The number of amides is 1. The molecule has 0 saturated heterocycles. The molecule has 0 spiro atoms. The van der Waals surface area contributed by atoms with Crippen molar-refractivity contribution in [1.82, 2.24) is 0 Å². The van der Waals surface area contributed by atoms with E-state index < -0.39 is 24.3 Å². The van der Waals surface area contributed by atoms with E-state index in [2.05, 4.69) is 10.1 Å². The van der Waals surface area contributed by atoms with Crippen molar-refractivity contribution in [2.45, 2.75) is 0 Å². The van der Waals surface area contributed by atoms with Gasteiger partial charge in [-0.3, -0.25) is 4.79 Å². The zero-order valence-corrected chi connectivity index (χ0v) is 13.9. The van der Waals surface area contributed by atoms with E-state index in [1.54, 1.807) is 0 Å². The van der Waals surface area contributed by atoms with Gasteiger partial charge in [0.05, 0.1) is 17.8 Å². The second-order valence-corrected chi connectivity index (χ2v) is 5.44. The Morgan fingerprint density at radius 3 is 2.58 bits per heavy atom. The van der Waals surface area contributed by atoms with Gasteiger partial charge in [0.15, 0.2) is 6.61 Å². The molecule has 0 aromatic heterocycles. The summed E-state index contributed by atoms with van der Waals surface area (Å²) < 4.78 is 22.9. The van der Waals surface area contributed by atoms with Gasteiger partial charge in [-0.05, 0) is 36.4 Å². The summed E-state index contributed by atoms with van der Waals surface area (Å²) in [6, 6.07) is 7.89. The summed E-state index contributed by atoms with van der Waals surface area (Å²) in [6.07, 6.45) is 0. The number of hydrogen-bond donors (Lipinski definition) is 1. The molecule has 126 valence electrons. The van der Waals surface area contributed by atoms with Crippen LogP contribution in [0.3, 0.4) is 0 Å². The van der Waals surface area contributed by atoms with Crippen molar-refractivity contribution in [1.29, 1.82) is 0 Å².